The molecule has 0 aliphatic carbocycles. The molecule has 0 saturated carbocycles. The summed E-state index contributed by atoms with van der Waals surface area (Å²) in [4.78, 5) is 51.9. The second-order valence-corrected chi connectivity index (χ2v) is 8.28. The summed E-state index contributed by atoms with van der Waals surface area (Å²) in [5, 5.41) is 27.0. The zero-order chi connectivity index (χ0) is 26.1. The Kier molecular flexibility index (Phi) is 9.14. The largest absolute Gasteiger partial charge is 0.480 e. The van der Waals surface area contributed by atoms with Crippen molar-refractivity contribution in [1.29, 1.82) is 0 Å². The van der Waals surface area contributed by atoms with Crippen LogP contribution in [0, 0.1) is 0 Å². The van der Waals surface area contributed by atoms with Gasteiger partial charge in [0.05, 0.1) is 19.2 Å². The van der Waals surface area contributed by atoms with Crippen molar-refractivity contribution in [3.05, 3.63) is 71.9 Å². The summed E-state index contributed by atoms with van der Waals surface area (Å²) in [7, 11) is 0. The number of aliphatic carboxylic acids is 1. The molecule has 8 N–H and O–H groups in total. The van der Waals surface area contributed by atoms with Crippen molar-refractivity contribution in [2.24, 2.45) is 5.73 Å². The number of carbonyl (C=O) groups is 4. The molecule has 0 radical (unpaired) electrons. The van der Waals surface area contributed by atoms with Crippen LogP contribution in [0.2, 0.25) is 0 Å². The number of H-pyrrole nitrogens is 1. The number of hydrogen-bond donors (Lipinski definition) is 7. The number of nitrogens with two attached hydrogens (primary N) is 1. The molecule has 2 aromatic carbocycles. The molecule has 3 unspecified atom stereocenters. The fourth-order valence-corrected chi connectivity index (χ4v) is 3.69. The highest BCUT2D eigenvalue weighted by Gasteiger charge is 2.27. The van der Waals surface area contributed by atoms with E-state index in [-0.39, 0.29) is 12.8 Å². The van der Waals surface area contributed by atoms with Crippen molar-refractivity contribution >= 4 is 34.6 Å². The molecule has 1 aromatic heterocycles. The van der Waals surface area contributed by atoms with Crippen LogP contribution in [0.25, 0.3) is 10.9 Å². The Bertz CT molecular complexity index is 1210. The third-order valence-corrected chi connectivity index (χ3v) is 5.61. The van der Waals surface area contributed by atoms with E-state index < -0.39 is 55.0 Å². The van der Waals surface area contributed by atoms with Crippen LogP contribution in [0.15, 0.2) is 60.8 Å². The second-order valence-electron chi connectivity index (χ2n) is 8.28. The third-order valence-electron chi connectivity index (χ3n) is 5.61. The van der Waals surface area contributed by atoms with E-state index in [4.69, 9.17) is 5.73 Å². The van der Waals surface area contributed by atoms with Gasteiger partial charge >= 0.3 is 5.97 Å². The number of para-hydroxylation sites is 1. The molecule has 0 saturated heterocycles. The Hall–Kier alpha value is -4.22. The van der Waals surface area contributed by atoms with Crippen molar-refractivity contribution in [3.63, 3.8) is 0 Å². The lowest BCUT2D eigenvalue weighted by Crippen LogP contribution is -2.55. The Balaban J connectivity index is 1.51. The zero-order valence-electron chi connectivity index (χ0n) is 19.4. The summed E-state index contributed by atoms with van der Waals surface area (Å²) >= 11 is 0. The first-order chi connectivity index (χ1) is 17.3. The van der Waals surface area contributed by atoms with Gasteiger partial charge in [-0.2, -0.15) is 0 Å². The highest BCUT2D eigenvalue weighted by Crippen LogP contribution is 2.19. The summed E-state index contributed by atoms with van der Waals surface area (Å²) in [6.07, 6.45) is 1.94. The van der Waals surface area contributed by atoms with E-state index in [1.54, 1.807) is 6.20 Å². The standard InChI is InChI=1S/C25H29N5O6/c26-18(10-15-6-2-1-3-7-15)23(33)28-13-22(32)29-21(14-31)24(34)30-20(25(35)36)11-16-12-27-19-9-5-4-8-17(16)19/h1-9,12,18,20-21,27,31H,10-11,13-14,26H2,(H,28,33)(H,29,32)(H,30,34)(H,35,36). The fraction of sp³-hybridized carbons (Fsp3) is 0.280. The average Bonchev–Trinajstić information content (AvgIpc) is 3.28. The molecule has 190 valence electrons. The van der Waals surface area contributed by atoms with E-state index in [0.717, 1.165) is 16.5 Å². The number of amides is 3. The number of carboxylic acids is 1. The SMILES string of the molecule is NC(Cc1ccccc1)C(=O)NCC(=O)NC(CO)C(=O)NC(Cc1c[nH]c2ccccc12)C(=O)O. The van der Waals surface area contributed by atoms with Gasteiger partial charge in [-0.3, -0.25) is 14.4 Å². The first-order valence-corrected chi connectivity index (χ1v) is 11.3. The smallest absolute Gasteiger partial charge is 0.326 e. The molecule has 0 spiro atoms. The maximum Gasteiger partial charge on any atom is 0.326 e. The first-order valence-electron chi connectivity index (χ1n) is 11.3. The first kappa shape index (κ1) is 26.4. The summed E-state index contributed by atoms with van der Waals surface area (Å²) < 4.78 is 0. The number of aliphatic hydroxyl groups is 1. The summed E-state index contributed by atoms with van der Waals surface area (Å²) in [6.45, 7) is -1.23. The van der Waals surface area contributed by atoms with Gasteiger partial charge in [-0.1, -0.05) is 48.5 Å². The van der Waals surface area contributed by atoms with E-state index >= 15 is 0 Å². The molecule has 3 amide bonds. The molecule has 0 bridgehead atoms. The number of carbonyl (C=O) groups excluding carboxylic acids is 3. The fourth-order valence-electron chi connectivity index (χ4n) is 3.69. The topological polar surface area (TPSA) is 187 Å². The van der Waals surface area contributed by atoms with Crippen molar-refractivity contribution < 1.29 is 29.4 Å². The molecule has 3 aromatic rings. The number of fused-ring (bicyclic) bond motifs is 1. The van der Waals surface area contributed by atoms with Crippen LogP contribution in [-0.4, -0.2) is 70.2 Å². The number of carboxylic acid groups (broad SMARTS) is 1. The molecule has 0 fully saturated rings. The van der Waals surface area contributed by atoms with E-state index in [9.17, 15) is 29.4 Å². The summed E-state index contributed by atoms with van der Waals surface area (Å²) in [6, 6.07) is 12.9. The molecular formula is C25H29N5O6. The molecule has 0 aliphatic heterocycles. The van der Waals surface area contributed by atoms with Gasteiger partial charge in [0.2, 0.25) is 17.7 Å². The van der Waals surface area contributed by atoms with Crippen LogP contribution in [0.5, 0.6) is 0 Å². The number of benzene rings is 2. The van der Waals surface area contributed by atoms with E-state index in [0.29, 0.717) is 5.56 Å². The maximum absolute atomic E-state index is 12.6. The Morgan fingerprint density at radius 3 is 2.28 bits per heavy atom. The lowest BCUT2D eigenvalue weighted by Gasteiger charge is -2.20. The van der Waals surface area contributed by atoms with Crippen LogP contribution < -0.4 is 21.7 Å². The highest BCUT2D eigenvalue weighted by atomic mass is 16.4. The number of nitrogens with one attached hydrogen (secondary N) is 4. The molecule has 0 aliphatic rings. The zero-order valence-corrected chi connectivity index (χ0v) is 19.4. The predicted molar refractivity (Wildman–Crippen MR) is 132 cm³/mol. The molecule has 11 heteroatoms. The second kappa shape index (κ2) is 12.5. The van der Waals surface area contributed by atoms with Crippen molar-refractivity contribution in [3.8, 4) is 0 Å². The van der Waals surface area contributed by atoms with E-state index in [2.05, 4.69) is 20.9 Å². The maximum atomic E-state index is 12.6. The third kappa shape index (κ3) is 7.14. The van der Waals surface area contributed by atoms with Crippen molar-refractivity contribution in [2.45, 2.75) is 31.0 Å². The van der Waals surface area contributed by atoms with Gasteiger partial charge in [-0.05, 0) is 23.6 Å². The summed E-state index contributed by atoms with van der Waals surface area (Å²) in [5.41, 5.74) is 8.26. The minimum atomic E-state index is -1.41. The van der Waals surface area contributed by atoms with Gasteiger partial charge in [0.1, 0.15) is 12.1 Å². The highest BCUT2D eigenvalue weighted by molar-refractivity contribution is 5.93. The van der Waals surface area contributed by atoms with Crippen LogP contribution >= 0.6 is 0 Å². The van der Waals surface area contributed by atoms with Crippen LogP contribution in [0.3, 0.4) is 0 Å². The van der Waals surface area contributed by atoms with Gasteiger partial charge in [0.25, 0.3) is 0 Å². The van der Waals surface area contributed by atoms with Crippen molar-refractivity contribution in [2.75, 3.05) is 13.2 Å². The van der Waals surface area contributed by atoms with Gasteiger partial charge in [0, 0.05) is 23.5 Å². The normalized spacial score (nSPS) is 13.4. The Labute approximate surface area is 207 Å². The van der Waals surface area contributed by atoms with Gasteiger partial charge in [-0.25, -0.2) is 4.79 Å². The lowest BCUT2D eigenvalue weighted by molar-refractivity contribution is -0.142. The number of hydrogen-bond acceptors (Lipinski definition) is 6. The van der Waals surface area contributed by atoms with Gasteiger partial charge < -0.3 is 36.9 Å². The Morgan fingerprint density at radius 1 is 0.889 bits per heavy atom. The van der Waals surface area contributed by atoms with Crippen LogP contribution in [0.4, 0.5) is 0 Å². The quantitative estimate of drug-likeness (QED) is 0.175. The minimum Gasteiger partial charge on any atom is -0.480 e. The molecule has 3 atom stereocenters. The summed E-state index contributed by atoms with van der Waals surface area (Å²) in [5.74, 6) is -3.43. The van der Waals surface area contributed by atoms with E-state index in [1.165, 1.54) is 0 Å². The molecule has 11 nitrogen and oxygen atoms in total. The lowest BCUT2D eigenvalue weighted by atomic mass is 10.0. The average molecular weight is 496 g/mol. The molecular weight excluding hydrogens is 466 g/mol. The Morgan fingerprint density at radius 2 is 1.58 bits per heavy atom. The molecule has 36 heavy (non-hydrogen) atoms. The monoisotopic (exact) mass is 495 g/mol. The van der Waals surface area contributed by atoms with Crippen LogP contribution in [0.1, 0.15) is 11.1 Å². The molecule has 3 rings (SSSR count). The minimum absolute atomic E-state index is 0.00740. The van der Waals surface area contributed by atoms with Crippen LogP contribution in [-0.2, 0) is 32.0 Å². The molecule has 1 heterocycles. The van der Waals surface area contributed by atoms with Crippen molar-refractivity contribution in [1.82, 2.24) is 20.9 Å². The predicted octanol–water partition coefficient (Wildman–Crippen LogP) is -0.557. The van der Waals surface area contributed by atoms with Gasteiger partial charge in [-0.15, -0.1) is 0 Å². The number of aromatic nitrogens is 1. The van der Waals surface area contributed by atoms with E-state index in [1.807, 2.05) is 54.6 Å². The van der Waals surface area contributed by atoms with Gasteiger partial charge in [0.15, 0.2) is 0 Å². The number of rotatable bonds is 12. The number of aliphatic hydroxyl groups excluding tert-OH is 1. The number of aromatic amines is 1.